The van der Waals surface area contributed by atoms with Gasteiger partial charge in [-0.05, 0) is 20.8 Å². The molecule has 0 aliphatic carbocycles. The number of hydrogen-bond donors (Lipinski definition) is 0. The number of halogens is 1. The predicted octanol–water partition coefficient (Wildman–Crippen LogP) is 1.61. The van der Waals surface area contributed by atoms with Gasteiger partial charge >= 0.3 is 12.1 Å². The van der Waals surface area contributed by atoms with Crippen LogP contribution < -0.4 is 0 Å². The Bertz CT molecular complexity index is 402. The summed E-state index contributed by atoms with van der Waals surface area (Å²) in [6.07, 6.45) is -0.412. The summed E-state index contributed by atoms with van der Waals surface area (Å²) in [6, 6.07) is -0.182. The van der Waals surface area contributed by atoms with Gasteiger partial charge in [-0.2, -0.15) is 0 Å². The first-order valence-electron chi connectivity index (χ1n) is 6.56. The van der Waals surface area contributed by atoms with Gasteiger partial charge in [-0.15, -0.1) is 0 Å². The van der Waals surface area contributed by atoms with Crippen LogP contribution >= 0.6 is 11.6 Å². The van der Waals surface area contributed by atoms with Crippen molar-refractivity contribution in [2.75, 3.05) is 32.4 Å². The van der Waals surface area contributed by atoms with Crippen LogP contribution in [0.15, 0.2) is 0 Å². The first kappa shape index (κ1) is 15.4. The summed E-state index contributed by atoms with van der Waals surface area (Å²) in [5.74, 6) is -0.781. The average Bonchev–Trinajstić information content (AvgIpc) is 2.67. The second-order valence-corrected chi connectivity index (χ2v) is 6.56. The second kappa shape index (κ2) is 5.41. The number of carbonyl (C=O) groups is 2. The van der Waals surface area contributed by atoms with E-state index >= 15 is 0 Å². The molecule has 114 valence electrons. The van der Waals surface area contributed by atoms with E-state index in [-0.39, 0.29) is 24.0 Å². The normalized spacial score (nSPS) is 24.4. The third-order valence-corrected chi connectivity index (χ3v) is 3.67. The molecule has 2 fully saturated rings. The number of amides is 1. The lowest BCUT2D eigenvalue weighted by Crippen LogP contribution is -2.51. The zero-order valence-corrected chi connectivity index (χ0v) is 12.7. The average molecular weight is 306 g/mol. The number of nitrogens with zero attached hydrogens (tertiary/aromatic N) is 1. The van der Waals surface area contributed by atoms with Crippen LogP contribution in [0.1, 0.15) is 20.8 Å². The van der Waals surface area contributed by atoms with Gasteiger partial charge in [0.1, 0.15) is 5.60 Å². The van der Waals surface area contributed by atoms with E-state index in [1.807, 2.05) is 20.8 Å². The minimum absolute atomic E-state index is 0.182. The summed E-state index contributed by atoms with van der Waals surface area (Å²) >= 11 is 5.44. The lowest BCUT2D eigenvalue weighted by atomic mass is 9.76. The minimum atomic E-state index is -0.560. The first-order valence-corrected chi connectivity index (χ1v) is 7.09. The molecule has 6 nitrogen and oxygen atoms in total. The highest BCUT2D eigenvalue weighted by Gasteiger charge is 2.57. The van der Waals surface area contributed by atoms with Gasteiger partial charge in [0.25, 0.3) is 0 Å². The molecule has 2 aliphatic heterocycles. The van der Waals surface area contributed by atoms with E-state index in [2.05, 4.69) is 0 Å². The molecular weight excluding hydrogens is 286 g/mol. The molecule has 0 aromatic carbocycles. The van der Waals surface area contributed by atoms with E-state index in [4.69, 9.17) is 25.8 Å². The molecule has 0 bridgehead atoms. The maximum Gasteiger partial charge on any atom is 0.410 e. The van der Waals surface area contributed by atoms with Gasteiger partial charge in [0.05, 0.1) is 19.1 Å². The van der Waals surface area contributed by atoms with Crippen molar-refractivity contribution in [2.45, 2.75) is 26.4 Å². The molecule has 7 heteroatoms. The lowest BCUT2D eigenvalue weighted by Gasteiger charge is -2.40. The molecule has 1 unspecified atom stereocenters. The van der Waals surface area contributed by atoms with E-state index in [0.717, 1.165) is 0 Å². The Labute approximate surface area is 123 Å². The van der Waals surface area contributed by atoms with Crippen LogP contribution in [-0.4, -0.2) is 54.9 Å². The van der Waals surface area contributed by atoms with Crippen molar-refractivity contribution in [1.82, 2.24) is 4.90 Å². The smallest absolute Gasteiger partial charge is 0.410 e. The van der Waals surface area contributed by atoms with E-state index in [9.17, 15) is 9.59 Å². The Hall–Kier alpha value is -1.01. The highest BCUT2D eigenvalue weighted by atomic mass is 35.5. The Balaban J connectivity index is 2.05. The molecule has 1 amide bonds. The monoisotopic (exact) mass is 305 g/mol. The van der Waals surface area contributed by atoms with E-state index < -0.39 is 17.6 Å². The fourth-order valence-corrected chi connectivity index (χ4v) is 2.68. The van der Waals surface area contributed by atoms with Crippen LogP contribution in [0.25, 0.3) is 0 Å². The van der Waals surface area contributed by atoms with Gasteiger partial charge in [0.15, 0.2) is 6.07 Å². The van der Waals surface area contributed by atoms with Crippen LogP contribution in [-0.2, 0) is 19.0 Å². The van der Waals surface area contributed by atoms with Crippen molar-refractivity contribution < 1.29 is 23.8 Å². The molecule has 1 spiro atoms. The lowest BCUT2D eigenvalue weighted by molar-refractivity contribution is -0.168. The standard InChI is InChI=1S/C13H20ClNO5/c1-12(2,3)20-11(17)15-4-9(10(16)19-8-14)13(5-15)6-18-7-13/h9H,4-8H2,1-3H3. The minimum Gasteiger partial charge on any atom is -0.449 e. The number of alkyl halides is 1. The Morgan fingerprint density at radius 1 is 1.40 bits per heavy atom. The first-order chi connectivity index (χ1) is 9.27. The Morgan fingerprint density at radius 3 is 2.50 bits per heavy atom. The number of rotatable bonds is 2. The molecule has 0 saturated carbocycles. The highest BCUT2D eigenvalue weighted by Crippen LogP contribution is 2.43. The molecular formula is C13H20ClNO5. The number of ether oxygens (including phenoxy) is 3. The van der Waals surface area contributed by atoms with E-state index in [0.29, 0.717) is 19.8 Å². The predicted molar refractivity (Wildman–Crippen MR) is 71.4 cm³/mol. The van der Waals surface area contributed by atoms with Gasteiger partial charge in [0, 0.05) is 18.5 Å². The van der Waals surface area contributed by atoms with Crippen molar-refractivity contribution in [3.05, 3.63) is 0 Å². The van der Waals surface area contributed by atoms with Crippen LogP contribution in [0.4, 0.5) is 4.79 Å². The molecule has 2 rings (SSSR count). The Kier molecular flexibility index (Phi) is 4.16. The number of carbonyl (C=O) groups excluding carboxylic acids is 2. The van der Waals surface area contributed by atoms with Crippen molar-refractivity contribution in [3.63, 3.8) is 0 Å². The van der Waals surface area contributed by atoms with Gasteiger partial charge in [-0.3, -0.25) is 4.79 Å². The summed E-state index contributed by atoms with van der Waals surface area (Å²) in [5.41, 5.74) is -0.908. The van der Waals surface area contributed by atoms with Crippen molar-refractivity contribution in [2.24, 2.45) is 11.3 Å². The maximum absolute atomic E-state index is 12.1. The van der Waals surface area contributed by atoms with Crippen molar-refractivity contribution >= 4 is 23.7 Å². The summed E-state index contributed by atoms with van der Waals surface area (Å²) in [7, 11) is 0. The number of hydrogen-bond acceptors (Lipinski definition) is 5. The molecule has 0 N–H and O–H groups in total. The molecule has 0 aromatic heterocycles. The van der Waals surface area contributed by atoms with Gasteiger partial charge < -0.3 is 19.1 Å². The molecule has 2 aliphatic rings. The van der Waals surface area contributed by atoms with E-state index in [1.165, 1.54) is 0 Å². The van der Waals surface area contributed by atoms with Crippen LogP contribution in [0, 0.1) is 11.3 Å². The number of esters is 1. The van der Waals surface area contributed by atoms with Crippen LogP contribution in [0.2, 0.25) is 0 Å². The van der Waals surface area contributed by atoms with Gasteiger partial charge in [-0.1, -0.05) is 11.6 Å². The highest BCUT2D eigenvalue weighted by molar-refractivity contribution is 6.17. The van der Waals surface area contributed by atoms with Crippen LogP contribution in [0.3, 0.4) is 0 Å². The zero-order chi connectivity index (χ0) is 15.0. The van der Waals surface area contributed by atoms with Crippen molar-refractivity contribution in [3.8, 4) is 0 Å². The molecule has 2 saturated heterocycles. The molecule has 0 radical (unpaired) electrons. The Morgan fingerprint density at radius 2 is 2.05 bits per heavy atom. The summed E-state index contributed by atoms with van der Waals surface area (Å²) in [4.78, 5) is 25.6. The molecule has 1 atom stereocenters. The summed E-state index contributed by atoms with van der Waals surface area (Å²) in [5, 5.41) is 0. The quantitative estimate of drug-likeness (QED) is 0.573. The molecule has 20 heavy (non-hydrogen) atoms. The van der Waals surface area contributed by atoms with Gasteiger partial charge in [0.2, 0.25) is 0 Å². The topological polar surface area (TPSA) is 65.1 Å². The van der Waals surface area contributed by atoms with Gasteiger partial charge in [-0.25, -0.2) is 4.79 Å². The fourth-order valence-electron chi connectivity index (χ4n) is 2.57. The molecule has 0 aromatic rings. The fraction of sp³-hybridized carbons (Fsp3) is 0.846. The maximum atomic E-state index is 12.1. The van der Waals surface area contributed by atoms with E-state index in [1.54, 1.807) is 4.90 Å². The largest absolute Gasteiger partial charge is 0.449 e. The van der Waals surface area contributed by atoms with Crippen molar-refractivity contribution in [1.29, 1.82) is 0 Å². The third kappa shape index (κ3) is 3.01. The zero-order valence-electron chi connectivity index (χ0n) is 12.0. The SMILES string of the molecule is CC(C)(C)OC(=O)N1CC(C(=O)OCCl)C2(COC2)C1. The summed E-state index contributed by atoms with van der Waals surface area (Å²) in [6.45, 7) is 7.06. The van der Waals surface area contributed by atoms with Crippen LogP contribution in [0.5, 0.6) is 0 Å². The second-order valence-electron chi connectivity index (χ2n) is 6.34. The third-order valence-electron chi connectivity index (χ3n) is 3.56. The number of likely N-dealkylation sites (tertiary alicyclic amines) is 1. The summed E-state index contributed by atoms with van der Waals surface area (Å²) < 4.78 is 15.4. The molecule has 2 heterocycles.